The van der Waals surface area contributed by atoms with Gasteiger partial charge in [0.2, 0.25) is 0 Å². The molecule has 0 radical (unpaired) electrons. The third-order valence-electron chi connectivity index (χ3n) is 5.20. The molecule has 1 unspecified atom stereocenters. The molecule has 180 valence electrons. The number of aromatic carboxylic acids is 1. The molecule has 1 atom stereocenters. The minimum absolute atomic E-state index is 0.0937. The molecule has 10 nitrogen and oxygen atoms in total. The summed E-state index contributed by atoms with van der Waals surface area (Å²) in [5.41, 5.74) is 0.733. The molecule has 0 saturated carbocycles. The average Bonchev–Trinajstić information content (AvgIpc) is 3.32. The molecule has 13 heteroatoms. The Kier molecular flexibility index (Phi) is 8.22. The van der Waals surface area contributed by atoms with Crippen molar-refractivity contribution in [2.45, 2.75) is 38.8 Å². The minimum Gasteiger partial charge on any atom is -0.477 e. The molecule has 2 aromatic rings. The highest BCUT2D eigenvalue weighted by Gasteiger charge is 2.29. The number of rotatable bonds is 8. The molecule has 0 bridgehead atoms. The molecule has 1 aliphatic rings. The zero-order valence-electron chi connectivity index (χ0n) is 18.3. The van der Waals surface area contributed by atoms with Gasteiger partial charge in [-0.15, -0.1) is 0 Å². The number of nitrogens with zero attached hydrogens (tertiary/aromatic N) is 2. The summed E-state index contributed by atoms with van der Waals surface area (Å²) in [6.07, 6.45) is 1.23. The first-order valence-corrected chi connectivity index (χ1v) is 11.8. The van der Waals surface area contributed by atoms with Crippen LogP contribution >= 0.6 is 34.5 Å². The fraction of sp³-hybridized carbons (Fsp3) is 0.500. The van der Waals surface area contributed by atoms with Crippen molar-refractivity contribution in [3.05, 3.63) is 32.0 Å². The van der Waals surface area contributed by atoms with Crippen molar-refractivity contribution in [3.63, 3.8) is 0 Å². The Balaban J connectivity index is 1.64. The van der Waals surface area contributed by atoms with E-state index in [4.69, 9.17) is 27.9 Å². The number of aryl methyl sites for hydroxylation is 1. The molecule has 1 fully saturated rings. The summed E-state index contributed by atoms with van der Waals surface area (Å²) < 4.78 is 4.99. The Morgan fingerprint density at radius 1 is 1.27 bits per heavy atom. The normalized spacial score (nSPS) is 15.4. The van der Waals surface area contributed by atoms with Gasteiger partial charge in [0.25, 0.3) is 11.8 Å². The number of hydrogen-bond donors (Lipinski definition) is 4. The van der Waals surface area contributed by atoms with Crippen molar-refractivity contribution in [2.24, 2.45) is 0 Å². The van der Waals surface area contributed by atoms with E-state index in [1.807, 2.05) is 4.90 Å². The van der Waals surface area contributed by atoms with Crippen LogP contribution in [-0.4, -0.2) is 71.7 Å². The number of carbonyl (C=O) groups excluding carboxylic acids is 2. The molecule has 2 amide bonds. The van der Waals surface area contributed by atoms with E-state index in [9.17, 15) is 19.5 Å². The number of methoxy groups -OCH3 is 1. The number of hydrogen-bond acceptors (Lipinski definition) is 7. The van der Waals surface area contributed by atoms with E-state index < -0.39 is 11.9 Å². The smallest absolute Gasteiger partial charge is 0.348 e. The second-order valence-electron chi connectivity index (χ2n) is 7.80. The van der Waals surface area contributed by atoms with Crippen molar-refractivity contribution in [2.75, 3.05) is 31.7 Å². The lowest BCUT2D eigenvalue weighted by atomic mass is 10.1. The van der Waals surface area contributed by atoms with Gasteiger partial charge in [0.15, 0.2) is 10.8 Å². The summed E-state index contributed by atoms with van der Waals surface area (Å²) in [5.74, 6) is -2.10. The summed E-state index contributed by atoms with van der Waals surface area (Å²) in [6.45, 7) is 4.86. The molecule has 3 heterocycles. The number of H-pyrrole nitrogens is 1. The van der Waals surface area contributed by atoms with Gasteiger partial charge in [-0.05, 0) is 26.7 Å². The van der Waals surface area contributed by atoms with Gasteiger partial charge in [0.1, 0.15) is 10.6 Å². The number of anilines is 1. The van der Waals surface area contributed by atoms with E-state index in [2.05, 4.69) is 20.6 Å². The SMILES string of the molecule is COCC(C)NC(=O)c1nc(N2CCC(NC(=O)c3[nH]c(C)c(Cl)c3Cl)CC2)sc1C(=O)O. The molecule has 0 aromatic carbocycles. The first-order chi connectivity index (χ1) is 15.6. The maximum atomic E-state index is 12.6. The Hall–Kier alpha value is -2.34. The number of thiazole rings is 1. The van der Waals surface area contributed by atoms with E-state index in [0.29, 0.717) is 48.4 Å². The molecule has 2 aromatic heterocycles. The Labute approximate surface area is 204 Å². The van der Waals surface area contributed by atoms with Crippen molar-refractivity contribution in [3.8, 4) is 0 Å². The van der Waals surface area contributed by atoms with Gasteiger partial charge < -0.3 is 30.4 Å². The van der Waals surface area contributed by atoms with Crippen LogP contribution in [-0.2, 0) is 4.74 Å². The number of amides is 2. The monoisotopic (exact) mass is 517 g/mol. The maximum Gasteiger partial charge on any atom is 0.348 e. The van der Waals surface area contributed by atoms with Crippen LogP contribution in [0.3, 0.4) is 0 Å². The lowest BCUT2D eigenvalue weighted by Gasteiger charge is -2.32. The Morgan fingerprint density at radius 3 is 2.48 bits per heavy atom. The van der Waals surface area contributed by atoms with Gasteiger partial charge in [0.05, 0.1) is 16.7 Å². The van der Waals surface area contributed by atoms with Crippen molar-refractivity contribution in [1.82, 2.24) is 20.6 Å². The zero-order chi connectivity index (χ0) is 24.3. The highest BCUT2D eigenvalue weighted by molar-refractivity contribution is 7.17. The van der Waals surface area contributed by atoms with Crippen LogP contribution in [0.25, 0.3) is 0 Å². The fourth-order valence-electron chi connectivity index (χ4n) is 3.53. The lowest BCUT2D eigenvalue weighted by molar-refractivity contribution is 0.0694. The summed E-state index contributed by atoms with van der Waals surface area (Å²) >= 11 is 13.1. The first-order valence-electron chi connectivity index (χ1n) is 10.3. The minimum atomic E-state index is -1.21. The summed E-state index contributed by atoms with van der Waals surface area (Å²) in [6, 6.07) is -0.385. The largest absolute Gasteiger partial charge is 0.477 e. The number of carboxylic acid groups (broad SMARTS) is 1. The van der Waals surface area contributed by atoms with Crippen LogP contribution in [0, 0.1) is 6.92 Å². The number of nitrogens with one attached hydrogen (secondary N) is 3. The number of halogens is 2. The van der Waals surface area contributed by atoms with Crippen molar-refractivity contribution >= 4 is 57.5 Å². The third-order valence-corrected chi connectivity index (χ3v) is 7.25. The third kappa shape index (κ3) is 5.78. The zero-order valence-corrected chi connectivity index (χ0v) is 20.7. The predicted molar refractivity (Wildman–Crippen MR) is 126 cm³/mol. The van der Waals surface area contributed by atoms with Crippen LogP contribution in [0.5, 0.6) is 0 Å². The summed E-state index contributed by atoms with van der Waals surface area (Å²) in [4.78, 5) is 45.8. The predicted octanol–water partition coefficient (Wildman–Crippen LogP) is 2.95. The number of carboxylic acids is 1. The van der Waals surface area contributed by atoms with Gasteiger partial charge in [-0.25, -0.2) is 9.78 Å². The van der Waals surface area contributed by atoms with E-state index >= 15 is 0 Å². The second-order valence-corrected chi connectivity index (χ2v) is 9.53. The van der Waals surface area contributed by atoms with Crippen LogP contribution in [0.2, 0.25) is 10.0 Å². The van der Waals surface area contributed by atoms with Crippen molar-refractivity contribution in [1.29, 1.82) is 0 Å². The average molecular weight is 518 g/mol. The number of carbonyl (C=O) groups is 3. The van der Waals surface area contributed by atoms with Crippen molar-refractivity contribution < 1.29 is 24.2 Å². The molecule has 1 saturated heterocycles. The Morgan fingerprint density at radius 2 is 1.94 bits per heavy atom. The molecule has 3 rings (SSSR count). The van der Waals surface area contributed by atoms with E-state index in [0.717, 1.165) is 11.3 Å². The molecule has 0 aliphatic carbocycles. The topological polar surface area (TPSA) is 137 Å². The van der Waals surface area contributed by atoms with Crippen LogP contribution in [0.4, 0.5) is 5.13 Å². The molecular weight excluding hydrogens is 493 g/mol. The summed E-state index contributed by atoms with van der Waals surface area (Å²) in [7, 11) is 1.52. The van der Waals surface area contributed by atoms with Crippen LogP contribution < -0.4 is 15.5 Å². The molecular formula is C20H25Cl2N5O5S. The summed E-state index contributed by atoms with van der Waals surface area (Å²) in [5, 5.41) is 16.1. The van der Waals surface area contributed by atoms with E-state index in [1.54, 1.807) is 13.8 Å². The highest BCUT2D eigenvalue weighted by Crippen LogP contribution is 2.31. The quantitative estimate of drug-likeness (QED) is 0.422. The molecule has 4 N–H and O–H groups in total. The van der Waals surface area contributed by atoms with Gasteiger partial charge in [-0.2, -0.15) is 0 Å². The number of aromatic nitrogens is 2. The lowest BCUT2D eigenvalue weighted by Crippen LogP contribution is -2.45. The molecule has 1 aliphatic heterocycles. The fourth-order valence-corrected chi connectivity index (χ4v) is 4.90. The van der Waals surface area contributed by atoms with Gasteiger partial charge in [-0.1, -0.05) is 34.5 Å². The number of piperidine rings is 1. The second kappa shape index (κ2) is 10.7. The van der Waals surface area contributed by atoms with Crippen LogP contribution in [0.1, 0.15) is 56.1 Å². The standard InChI is InChI=1S/C20H25Cl2N5O5S/c1-9(8-32-3)23-18(29)15-16(19(30)31)33-20(26-15)27-6-4-11(5-7-27)25-17(28)14-13(22)12(21)10(2)24-14/h9,11,24H,4-8H2,1-3H3,(H,23,29)(H,25,28)(H,30,31). The maximum absolute atomic E-state index is 12.6. The van der Waals surface area contributed by atoms with Gasteiger partial charge >= 0.3 is 5.97 Å². The number of ether oxygens (including phenoxy) is 1. The Bertz CT molecular complexity index is 1050. The highest BCUT2D eigenvalue weighted by atomic mass is 35.5. The van der Waals surface area contributed by atoms with Gasteiger partial charge in [0, 0.05) is 38.0 Å². The molecule has 0 spiro atoms. The number of aromatic amines is 1. The first kappa shape index (κ1) is 25.3. The molecule has 33 heavy (non-hydrogen) atoms. The van der Waals surface area contributed by atoms with E-state index in [1.165, 1.54) is 7.11 Å². The van der Waals surface area contributed by atoms with E-state index in [-0.39, 0.29) is 39.3 Å². The van der Waals surface area contributed by atoms with Crippen LogP contribution in [0.15, 0.2) is 0 Å². The van der Waals surface area contributed by atoms with Gasteiger partial charge in [-0.3, -0.25) is 9.59 Å².